The summed E-state index contributed by atoms with van der Waals surface area (Å²) in [5.74, 6) is 0.680. The van der Waals surface area contributed by atoms with Gasteiger partial charge in [-0.1, -0.05) is 30.3 Å². The maximum absolute atomic E-state index is 5.97. The molecule has 0 aromatic heterocycles. The Morgan fingerprint density at radius 1 is 1.35 bits per heavy atom. The van der Waals surface area contributed by atoms with Crippen LogP contribution in [0.3, 0.4) is 0 Å². The maximum atomic E-state index is 5.97. The zero-order valence-electron chi connectivity index (χ0n) is 12.6. The number of nitrogens with two attached hydrogens (primary N) is 1. The van der Waals surface area contributed by atoms with E-state index in [-0.39, 0.29) is 0 Å². The lowest BCUT2D eigenvalue weighted by molar-refractivity contribution is 0.0361. The minimum Gasteiger partial charge on any atom is -0.381 e. The van der Waals surface area contributed by atoms with Gasteiger partial charge in [0.05, 0.1) is 6.61 Å². The van der Waals surface area contributed by atoms with Crippen LogP contribution in [-0.2, 0) is 11.2 Å². The number of ether oxygens (including phenoxy) is 1. The molecule has 3 heteroatoms. The summed E-state index contributed by atoms with van der Waals surface area (Å²) in [5.41, 5.74) is 7.37. The van der Waals surface area contributed by atoms with Gasteiger partial charge in [0.25, 0.3) is 0 Å². The quantitative estimate of drug-likeness (QED) is 0.830. The largest absolute Gasteiger partial charge is 0.381 e. The molecule has 112 valence electrons. The van der Waals surface area contributed by atoms with E-state index in [0.29, 0.717) is 12.0 Å². The molecule has 0 amide bonds. The SMILES string of the molecule is CN(CC1CCCOC1)C(CN)CCc1ccccc1. The van der Waals surface area contributed by atoms with Gasteiger partial charge >= 0.3 is 0 Å². The van der Waals surface area contributed by atoms with Gasteiger partial charge in [-0.05, 0) is 44.2 Å². The Bertz CT molecular complexity index is 363. The van der Waals surface area contributed by atoms with Crippen LogP contribution in [0.4, 0.5) is 0 Å². The molecule has 2 N–H and O–H groups in total. The number of likely N-dealkylation sites (N-methyl/N-ethyl adjacent to an activating group) is 1. The minimum absolute atomic E-state index is 0.470. The van der Waals surface area contributed by atoms with Crippen LogP contribution in [0, 0.1) is 5.92 Å². The van der Waals surface area contributed by atoms with Crippen molar-refractivity contribution in [2.24, 2.45) is 11.7 Å². The average molecular weight is 276 g/mol. The molecule has 2 rings (SSSR count). The van der Waals surface area contributed by atoms with E-state index in [9.17, 15) is 0 Å². The third-order valence-corrected chi connectivity index (χ3v) is 4.31. The number of benzene rings is 1. The molecule has 2 unspecified atom stereocenters. The van der Waals surface area contributed by atoms with E-state index in [1.54, 1.807) is 0 Å². The Morgan fingerprint density at radius 3 is 2.80 bits per heavy atom. The van der Waals surface area contributed by atoms with Crippen LogP contribution < -0.4 is 5.73 Å². The van der Waals surface area contributed by atoms with Gasteiger partial charge in [-0.3, -0.25) is 0 Å². The van der Waals surface area contributed by atoms with E-state index in [2.05, 4.69) is 42.3 Å². The zero-order chi connectivity index (χ0) is 14.2. The molecule has 1 aromatic carbocycles. The van der Waals surface area contributed by atoms with Crippen LogP contribution >= 0.6 is 0 Å². The molecular weight excluding hydrogens is 248 g/mol. The third-order valence-electron chi connectivity index (χ3n) is 4.31. The first-order chi connectivity index (χ1) is 9.79. The van der Waals surface area contributed by atoms with Gasteiger partial charge in [-0.25, -0.2) is 0 Å². The van der Waals surface area contributed by atoms with Crippen molar-refractivity contribution in [1.82, 2.24) is 4.90 Å². The summed E-state index contributed by atoms with van der Waals surface area (Å²) in [4.78, 5) is 2.43. The first-order valence-electron chi connectivity index (χ1n) is 7.81. The Hall–Kier alpha value is -0.900. The van der Waals surface area contributed by atoms with Gasteiger partial charge in [0.1, 0.15) is 0 Å². The summed E-state index contributed by atoms with van der Waals surface area (Å²) < 4.78 is 5.57. The van der Waals surface area contributed by atoms with Crippen molar-refractivity contribution in [1.29, 1.82) is 0 Å². The van der Waals surface area contributed by atoms with Gasteiger partial charge in [0.15, 0.2) is 0 Å². The van der Waals surface area contributed by atoms with Gasteiger partial charge in [-0.2, -0.15) is 0 Å². The molecule has 2 atom stereocenters. The highest BCUT2D eigenvalue weighted by molar-refractivity contribution is 5.14. The summed E-state index contributed by atoms with van der Waals surface area (Å²) >= 11 is 0. The van der Waals surface area contributed by atoms with Crippen LogP contribution in [0.15, 0.2) is 30.3 Å². The van der Waals surface area contributed by atoms with Gasteiger partial charge in [-0.15, -0.1) is 0 Å². The number of nitrogens with zero attached hydrogens (tertiary/aromatic N) is 1. The second kappa shape index (κ2) is 8.40. The van der Waals surface area contributed by atoms with Crippen LogP contribution in [0.5, 0.6) is 0 Å². The van der Waals surface area contributed by atoms with Crippen molar-refractivity contribution in [2.45, 2.75) is 31.7 Å². The highest BCUT2D eigenvalue weighted by Gasteiger charge is 2.20. The number of hydrogen-bond acceptors (Lipinski definition) is 3. The van der Waals surface area contributed by atoms with Crippen molar-refractivity contribution < 1.29 is 4.74 Å². The summed E-state index contributed by atoms with van der Waals surface area (Å²) in [5, 5.41) is 0. The number of rotatable bonds is 7. The smallest absolute Gasteiger partial charge is 0.0506 e. The van der Waals surface area contributed by atoms with Crippen molar-refractivity contribution >= 4 is 0 Å². The Morgan fingerprint density at radius 2 is 2.15 bits per heavy atom. The average Bonchev–Trinajstić information content (AvgIpc) is 2.50. The molecule has 0 spiro atoms. The van der Waals surface area contributed by atoms with Crippen LogP contribution in [0.1, 0.15) is 24.8 Å². The molecule has 0 aliphatic carbocycles. The minimum atomic E-state index is 0.470. The van der Waals surface area contributed by atoms with Crippen LogP contribution in [0.2, 0.25) is 0 Å². The van der Waals surface area contributed by atoms with E-state index >= 15 is 0 Å². The molecule has 1 aliphatic rings. The normalized spacial score (nSPS) is 21.1. The Balaban J connectivity index is 1.77. The maximum Gasteiger partial charge on any atom is 0.0506 e. The van der Waals surface area contributed by atoms with Gasteiger partial charge < -0.3 is 15.4 Å². The standard InChI is InChI=1S/C17H28N2O/c1-19(13-16-8-5-11-20-14-16)17(12-18)10-9-15-6-3-2-4-7-15/h2-4,6-7,16-17H,5,8-14,18H2,1H3. The highest BCUT2D eigenvalue weighted by atomic mass is 16.5. The summed E-state index contributed by atoms with van der Waals surface area (Å²) in [6.45, 7) is 3.70. The van der Waals surface area contributed by atoms with Gasteiger partial charge in [0, 0.05) is 25.7 Å². The predicted molar refractivity (Wildman–Crippen MR) is 83.8 cm³/mol. The fraction of sp³-hybridized carbons (Fsp3) is 0.647. The second-order valence-corrected chi connectivity index (χ2v) is 5.94. The van der Waals surface area contributed by atoms with E-state index in [1.807, 2.05) is 0 Å². The first kappa shape index (κ1) is 15.5. The highest BCUT2D eigenvalue weighted by Crippen LogP contribution is 2.16. The Kier molecular flexibility index (Phi) is 6.51. The molecule has 20 heavy (non-hydrogen) atoms. The molecule has 1 heterocycles. The molecule has 1 aromatic rings. The lowest BCUT2D eigenvalue weighted by Gasteiger charge is -2.32. The monoisotopic (exact) mass is 276 g/mol. The van der Waals surface area contributed by atoms with Crippen molar-refractivity contribution in [3.8, 4) is 0 Å². The summed E-state index contributed by atoms with van der Waals surface area (Å²) in [7, 11) is 2.21. The van der Waals surface area contributed by atoms with E-state index in [0.717, 1.165) is 39.1 Å². The van der Waals surface area contributed by atoms with E-state index in [1.165, 1.54) is 18.4 Å². The summed E-state index contributed by atoms with van der Waals surface area (Å²) in [6, 6.07) is 11.1. The van der Waals surface area contributed by atoms with Crippen molar-refractivity contribution in [3.05, 3.63) is 35.9 Å². The molecule has 1 saturated heterocycles. The van der Waals surface area contributed by atoms with Crippen LogP contribution in [-0.4, -0.2) is 44.3 Å². The molecule has 0 radical (unpaired) electrons. The molecule has 0 saturated carbocycles. The second-order valence-electron chi connectivity index (χ2n) is 5.94. The molecule has 1 fully saturated rings. The first-order valence-corrected chi connectivity index (χ1v) is 7.81. The zero-order valence-corrected chi connectivity index (χ0v) is 12.6. The Labute approximate surface area is 123 Å². The fourth-order valence-corrected chi connectivity index (χ4v) is 3.00. The molecule has 1 aliphatic heterocycles. The molecular formula is C17H28N2O. The predicted octanol–water partition coefficient (Wildman–Crippen LogP) is 2.30. The van der Waals surface area contributed by atoms with E-state index < -0.39 is 0 Å². The van der Waals surface area contributed by atoms with Crippen molar-refractivity contribution in [2.75, 3.05) is 33.4 Å². The lowest BCUT2D eigenvalue weighted by atomic mass is 9.99. The lowest BCUT2D eigenvalue weighted by Crippen LogP contribution is -2.42. The number of aryl methyl sites for hydroxylation is 1. The summed E-state index contributed by atoms with van der Waals surface area (Å²) in [6.07, 6.45) is 4.73. The van der Waals surface area contributed by atoms with Crippen molar-refractivity contribution in [3.63, 3.8) is 0 Å². The fourth-order valence-electron chi connectivity index (χ4n) is 3.00. The third kappa shape index (κ3) is 4.89. The molecule has 0 bridgehead atoms. The van der Waals surface area contributed by atoms with E-state index in [4.69, 9.17) is 10.5 Å². The molecule has 3 nitrogen and oxygen atoms in total. The van der Waals surface area contributed by atoms with Crippen LogP contribution in [0.25, 0.3) is 0 Å². The topological polar surface area (TPSA) is 38.5 Å². The number of hydrogen-bond donors (Lipinski definition) is 1. The van der Waals surface area contributed by atoms with Gasteiger partial charge in [0.2, 0.25) is 0 Å².